The first-order valence-corrected chi connectivity index (χ1v) is 7.85. The Kier molecular flexibility index (Phi) is 5.77. The summed E-state index contributed by atoms with van der Waals surface area (Å²) in [6.45, 7) is 2.53. The first-order chi connectivity index (χ1) is 9.70. The highest BCUT2D eigenvalue weighted by Gasteiger charge is 2.13. The van der Waals surface area contributed by atoms with Gasteiger partial charge in [0.25, 0.3) is 0 Å². The molecule has 0 saturated carbocycles. The summed E-state index contributed by atoms with van der Waals surface area (Å²) >= 11 is 7.45. The van der Waals surface area contributed by atoms with E-state index in [9.17, 15) is 5.11 Å². The number of hydrogen-bond acceptors (Lipinski definition) is 3. The zero-order valence-corrected chi connectivity index (χ0v) is 12.8. The number of ether oxygens (including phenoxy) is 1. The summed E-state index contributed by atoms with van der Waals surface area (Å²) in [6.07, 6.45) is -0.557. The highest BCUT2D eigenvalue weighted by atomic mass is 35.5. The largest absolute Gasteiger partial charge is 0.493 e. The Labute approximate surface area is 128 Å². The van der Waals surface area contributed by atoms with Crippen molar-refractivity contribution < 1.29 is 9.84 Å². The van der Waals surface area contributed by atoms with Gasteiger partial charge >= 0.3 is 0 Å². The number of para-hydroxylation sites is 1. The number of benzene rings is 2. The molecule has 2 aromatic rings. The Hall–Kier alpha value is -1.16. The molecule has 0 heterocycles. The molecule has 106 valence electrons. The molecule has 0 radical (unpaired) electrons. The van der Waals surface area contributed by atoms with E-state index in [1.807, 2.05) is 55.5 Å². The number of aliphatic hydroxyl groups excluding tert-OH is 1. The number of thioether (sulfide) groups is 1. The zero-order valence-electron chi connectivity index (χ0n) is 11.3. The molecule has 2 nitrogen and oxygen atoms in total. The maximum Gasteiger partial charge on any atom is 0.125 e. The average Bonchev–Trinajstić information content (AvgIpc) is 2.47. The zero-order chi connectivity index (χ0) is 14.4. The molecule has 2 aromatic carbocycles. The third-order valence-corrected chi connectivity index (χ3v) is 4.14. The van der Waals surface area contributed by atoms with Crippen LogP contribution in [-0.4, -0.2) is 17.5 Å². The lowest BCUT2D eigenvalue weighted by Gasteiger charge is -2.15. The van der Waals surface area contributed by atoms with Crippen LogP contribution in [0.3, 0.4) is 0 Å². The van der Waals surface area contributed by atoms with Gasteiger partial charge in [-0.3, -0.25) is 0 Å². The molecule has 4 heteroatoms. The standard InChI is InChI=1S/C16H17ClO2S/c1-2-19-16-6-4-3-5-14(16)15(18)11-20-13-9-7-12(17)8-10-13/h3-10,15,18H,2,11H2,1H3. The van der Waals surface area contributed by atoms with E-state index >= 15 is 0 Å². The molecule has 0 saturated heterocycles. The molecular formula is C16H17ClO2S. The Morgan fingerprint density at radius 1 is 1.15 bits per heavy atom. The van der Waals surface area contributed by atoms with Crippen LogP contribution in [-0.2, 0) is 0 Å². The Bertz CT molecular complexity index is 542. The van der Waals surface area contributed by atoms with Crippen molar-refractivity contribution in [3.05, 3.63) is 59.1 Å². The lowest BCUT2D eigenvalue weighted by atomic mass is 10.1. The van der Waals surface area contributed by atoms with E-state index in [2.05, 4.69) is 0 Å². The fourth-order valence-corrected chi connectivity index (χ4v) is 2.82. The van der Waals surface area contributed by atoms with E-state index < -0.39 is 6.10 Å². The molecule has 0 aromatic heterocycles. The van der Waals surface area contributed by atoms with Crippen LogP contribution in [0.4, 0.5) is 0 Å². The molecule has 0 aliphatic carbocycles. The fourth-order valence-electron chi connectivity index (χ4n) is 1.84. The van der Waals surface area contributed by atoms with Crippen LogP contribution >= 0.6 is 23.4 Å². The molecule has 1 N–H and O–H groups in total. The second-order valence-electron chi connectivity index (χ2n) is 4.25. The lowest BCUT2D eigenvalue weighted by molar-refractivity contribution is 0.196. The molecule has 20 heavy (non-hydrogen) atoms. The summed E-state index contributed by atoms with van der Waals surface area (Å²) in [5, 5.41) is 11.0. The van der Waals surface area contributed by atoms with Crippen molar-refractivity contribution in [3.8, 4) is 5.75 Å². The van der Waals surface area contributed by atoms with Crippen molar-refractivity contribution in [2.45, 2.75) is 17.9 Å². The summed E-state index contributed by atoms with van der Waals surface area (Å²) in [5.41, 5.74) is 0.829. The van der Waals surface area contributed by atoms with Gasteiger partial charge in [0, 0.05) is 21.2 Å². The van der Waals surface area contributed by atoms with Gasteiger partial charge in [0.2, 0.25) is 0 Å². The maximum absolute atomic E-state index is 10.3. The maximum atomic E-state index is 10.3. The van der Waals surface area contributed by atoms with Crippen molar-refractivity contribution in [3.63, 3.8) is 0 Å². The van der Waals surface area contributed by atoms with Crippen LogP contribution in [0.15, 0.2) is 53.4 Å². The monoisotopic (exact) mass is 308 g/mol. The van der Waals surface area contributed by atoms with Gasteiger partial charge in [-0.1, -0.05) is 29.8 Å². The molecule has 2 rings (SSSR count). The highest BCUT2D eigenvalue weighted by Crippen LogP contribution is 2.30. The van der Waals surface area contributed by atoms with Gasteiger partial charge in [0.1, 0.15) is 5.75 Å². The number of hydrogen-bond donors (Lipinski definition) is 1. The van der Waals surface area contributed by atoms with Crippen LogP contribution in [0.2, 0.25) is 5.02 Å². The van der Waals surface area contributed by atoms with Crippen molar-refractivity contribution in [2.24, 2.45) is 0 Å². The minimum atomic E-state index is -0.557. The van der Waals surface area contributed by atoms with E-state index in [1.54, 1.807) is 11.8 Å². The highest BCUT2D eigenvalue weighted by molar-refractivity contribution is 7.99. The quantitative estimate of drug-likeness (QED) is 0.793. The molecule has 0 aliphatic heterocycles. The number of aliphatic hydroxyl groups is 1. The van der Waals surface area contributed by atoms with Crippen LogP contribution in [0.5, 0.6) is 5.75 Å². The molecule has 0 bridgehead atoms. The predicted molar refractivity (Wildman–Crippen MR) is 84.7 cm³/mol. The normalized spacial score (nSPS) is 12.2. The summed E-state index contributed by atoms with van der Waals surface area (Å²) in [7, 11) is 0. The van der Waals surface area contributed by atoms with Crippen molar-refractivity contribution >= 4 is 23.4 Å². The second kappa shape index (κ2) is 7.58. The van der Waals surface area contributed by atoms with Crippen molar-refractivity contribution in [2.75, 3.05) is 12.4 Å². The molecule has 1 unspecified atom stereocenters. The summed E-state index contributed by atoms with van der Waals surface area (Å²) < 4.78 is 5.54. The second-order valence-corrected chi connectivity index (χ2v) is 5.78. The van der Waals surface area contributed by atoms with Gasteiger partial charge in [0.15, 0.2) is 0 Å². The first kappa shape index (κ1) is 15.2. The first-order valence-electron chi connectivity index (χ1n) is 6.49. The van der Waals surface area contributed by atoms with Crippen molar-refractivity contribution in [1.29, 1.82) is 0 Å². The molecular weight excluding hydrogens is 292 g/mol. The summed E-state index contributed by atoms with van der Waals surface area (Å²) in [5.74, 6) is 1.32. The SMILES string of the molecule is CCOc1ccccc1C(O)CSc1ccc(Cl)cc1. The Morgan fingerprint density at radius 2 is 1.85 bits per heavy atom. The average molecular weight is 309 g/mol. The van der Waals surface area contributed by atoms with Gasteiger partial charge in [0.05, 0.1) is 12.7 Å². The van der Waals surface area contributed by atoms with E-state index in [4.69, 9.17) is 16.3 Å². The third kappa shape index (κ3) is 4.17. The van der Waals surface area contributed by atoms with Crippen LogP contribution in [0.25, 0.3) is 0 Å². The Balaban J connectivity index is 2.01. The molecule has 0 spiro atoms. The van der Waals surface area contributed by atoms with Crippen molar-refractivity contribution in [1.82, 2.24) is 0 Å². The topological polar surface area (TPSA) is 29.5 Å². The molecule has 1 atom stereocenters. The third-order valence-electron chi connectivity index (χ3n) is 2.80. The van der Waals surface area contributed by atoms with Crippen LogP contribution in [0, 0.1) is 0 Å². The minimum absolute atomic E-state index is 0.557. The van der Waals surface area contributed by atoms with Crippen LogP contribution in [0.1, 0.15) is 18.6 Å². The Morgan fingerprint density at radius 3 is 2.55 bits per heavy atom. The summed E-state index contributed by atoms with van der Waals surface area (Å²) in [6, 6.07) is 15.2. The molecule has 0 amide bonds. The van der Waals surface area contributed by atoms with Gasteiger partial charge in [-0.25, -0.2) is 0 Å². The van der Waals surface area contributed by atoms with E-state index in [-0.39, 0.29) is 0 Å². The van der Waals surface area contributed by atoms with Gasteiger partial charge in [-0.05, 0) is 37.3 Å². The van der Waals surface area contributed by atoms with E-state index in [0.717, 1.165) is 21.2 Å². The molecule has 0 aliphatic rings. The van der Waals surface area contributed by atoms with E-state index in [1.165, 1.54) is 0 Å². The predicted octanol–water partition coefficient (Wildman–Crippen LogP) is 4.56. The summed E-state index contributed by atoms with van der Waals surface area (Å²) in [4.78, 5) is 1.09. The van der Waals surface area contributed by atoms with E-state index in [0.29, 0.717) is 12.4 Å². The molecule has 0 fully saturated rings. The number of rotatable bonds is 6. The minimum Gasteiger partial charge on any atom is -0.493 e. The number of halogens is 1. The fraction of sp³-hybridized carbons (Fsp3) is 0.250. The van der Waals surface area contributed by atoms with Gasteiger partial charge in [-0.2, -0.15) is 0 Å². The van der Waals surface area contributed by atoms with Crippen LogP contribution < -0.4 is 4.74 Å². The smallest absolute Gasteiger partial charge is 0.125 e. The lowest BCUT2D eigenvalue weighted by Crippen LogP contribution is -2.04. The van der Waals surface area contributed by atoms with Gasteiger partial charge in [-0.15, -0.1) is 11.8 Å². The van der Waals surface area contributed by atoms with Gasteiger partial charge < -0.3 is 9.84 Å².